The summed E-state index contributed by atoms with van der Waals surface area (Å²) < 4.78 is 6.61. The van der Waals surface area contributed by atoms with E-state index in [4.69, 9.17) is 4.74 Å². The monoisotopic (exact) mass is 426 g/mol. The van der Waals surface area contributed by atoms with Crippen molar-refractivity contribution in [2.45, 2.75) is 25.3 Å². The number of hydrogen-bond acceptors (Lipinski definition) is 6. The van der Waals surface area contributed by atoms with E-state index >= 15 is 0 Å². The van der Waals surface area contributed by atoms with E-state index in [9.17, 15) is 9.59 Å². The highest BCUT2D eigenvalue weighted by atomic mass is 32.1. The number of amides is 1. The molecular weight excluding hydrogens is 400 g/mol. The van der Waals surface area contributed by atoms with Crippen LogP contribution in [0.2, 0.25) is 0 Å². The second kappa shape index (κ2) is 9.51. The number of likely N-dealkylation sites (tertiary alicyclic amines) is 1. The molecule has 0 aliphatic carbocycles. The van der Waals surface area contributed by atoms with Gasteiger partial charge in [0.05, 0.1) is 6.61 Å². The number of ether oxygens (including phenoxy) is 1. The summed E-state index contributed by atoms with van der Waals surface area (Å²) in [5.41, 5.74) is 0.955. The first-order valence-corrected chi connectivity index (χ1v) is 11.0. The third-order valence-corrected chi connectivity index (χ3v) is 6.45. The standard InChI is InChI=1S/C22H26N4O3S/c1-29-12-11-25-9-7-17(8-10-25)24-20(27)19-14-23-22-26(21(19)28)15-18(30-22)13-16-5-3-2-4-6-16/h2-6,14-15,17H,7-13H2,1H3,(H,24,27). The highest BCUT2D eigenvalue weighted by Gasteiger charge is 2.23. The Bertz CT molecular complexity index is 1060. The molecule has 0 atom stereocenters. The molecule has 158 valence electrons. The minimum atomic E-state index is -0.340. The van der Waals surface area contributed by atoms with Gasteiger partial charge in [-0.2, -0.15) is 0 Å². The summed E-state index contributed by atoms with van der Waals surface area (Å²) in [7, 11) is 1.70. The van der Waals surface area contributed by atoms with E-state index < -0.39 is 0 Å². The number of methoxy groups -OCH3 is 1. The Kier molecular flexibility index (Phi) is 6.56. The van der Waals surface area contributed by atoms with E-state index in [-0.39, 0.29) is 23.1 Å². The van der Waals surface area contributed by atoms with Crippen molar-refractivity contribution in [1.82, 2.24) is 19.6 Å². The number of piperidine rings is 1. The van der Waals surface area contributed by atoms with Crippen molar-refractivity contribution in [1.29, 1.82) is 0 Å². The lowest BCUT2D eigenvalue weighted by atomic mass is 10.0. The molecule has 1 amide bonds. The van der Waals surface area contributed by atoms with Gasteiger partial charge in [0.2, 0.25) is 0 Å². The molecule has 3 aromatic rings. The summed E-state index contributed by atoms with van der Waals surface area (Å²) in [6.45, 7) is 3.45. The van der Waals surface area contributed by atoms with E-state index in [0.717, 1.165) is 43.8 Å². The number of hydrogen-bond donors (Lipinski definition) is 1. The summed E-state index contributed by atoms with van der Waals surface area (Å²) in [6.07, 6.45) is 5.67. The average Bonchev–Trinajstić information content (AvgIpc) is 3.17. The first kappa shape index (κ1) is 20.7. The number of aromatic nitrogens is 2. The Morgan fingerprint density at radius 2 is 2.03 bits per heavy atom. The summed E-state index contributed by atoms with van der Waals surface area (Å²) in [5, 5.41) is 3.02. The first-order chi connectivity index (χ1) is 14.6. The molecule has 0 bridgehead atoms. The fourth-order valence-corrected chi connectivity index (χ4v) is 4.72. The second-order valence-corrected chi connectivity index (χ2v) is 8.67. The Hall–Kier alpha value is -2.55. The van der Waals surface area contributed by atoms with Gasteiger partial charge in [0.15, 0.2) is 4.96 Å². The number of nitrogens with zero attached hydrogens (tertiary/aromatic N) is 3. The third-order valence-electron chi connectivity index (χ3n) is 5.46. The van der Waals surface area contributed by atoms with Crippen LogP contribution in [0.5, 0.6) is 0 Å². The molecule has 8 heteroatoms. The van der Waals surface area contributed by atoms with Crippen LogP contribution < -0.4 is 10.9 Å². The molecule has 7 nitrogen and oxygen atoms in total. The lowest BCUT2D eigenvalue weighted by Gasteiger charge is -2.32. The molecule has 1 aliphatic rings. The number of thiazole rings is 1. The lowest BCUT2D eigenvalue weighted by Crippen LogP contribution is -2.46. The normalized spacial score (nSPS) is 15.5. The van der Waals surface area contributed by atoms with Gasteiger partial charge >= 0.3 is 0 Å². The van der Waals surface area contributed by atoms with Crippen LogP contribution in [0.25, 0.3) is 4.96 Å². The smallest absolute Gasteiger partial charge is 0.271 e. The summed E-state index contributed by atoms with van der Waals surface area (Å²) >= 11 is 1.47. The first-order valence-electron chi connectivity index (χ1n) is 10.2. The molecule has 1 aliphatic heterocycles. The molecule has 0 unspecified atom stereocenters. The van der Waals surface area contributed by atoms with Gasteiger partial charge in [0.25, 0.3) is 11.5 Å². The highest BCUT2D eigenvalue weighted by molar-refractivity contribution is 7.17. The number of benzene rings is 1. The molecule has 0 radical (unpaired) electrons. The van der Waals surface area contributed by atoms with Crippen LogP contribution in [0.1, 0.15) is 33.6 Å². The van der Waals surface area contributed by atoms with E-state index in [1.807, 2.05) is 18.2 Å². The maximum absolute atomic E-state index is 12.9. The van der Waals surface area contributed by atoms with Gasteiger partial charge < -0.3 is 15.0 Å². The van der Waals surface area contributed by atoms with E-state index in [2.05, 4.69) is 27.3 Å². The van der Waals surface area contributed by atoms with Crippen molar-refractivity contribution in [2.75, 3.05) is 33.4 Å². The molecule has 1 aromatic carbocycles. The largest absolute Gasteiger partial charge is 0.383 e. The van der Waals surface area contributed by atoms with Gasteiger partial charge in [-0.25, -0.2) is 4.98 Å². The molecule has 3 heterocycles. The molecule has 0 spiro atoms. The Labute approximate surface area is 179 Å². The molecule has 0 saturated carbocycles. The van der Waals surface area contributed by atoms with Crippen LogP contribution in [0.3, 0.4) is 0 Å². The molecule has 1 fully saturated rings. The van der Waals surface area contributed by atoms with Crippen LogP contribution >= 0.6 is 11.3 Å². The maximum atomic E-state index is 12.9. The van der Waals surface area contributed by atoms with Crippen LogP contribution in [-0.2, 0) is 11.2 Å². The number of carbonyl (C=O) groups excluding carboxylic acids is 1. The highest BCUT2D eigenvalue weighted by Crippen LogP contribution is 2.18. The number of rotatable bonds is 7. The van der Waals surface area contributed by atoms with Crippen LogP contribution in [-0.4, -0.2) is 59.6 Å². The molecule has 30 heavy (non-hydrogen) atoms. The van der Waals surface area contributed by atoms with Gasteiger partial charge in [-0.1, -0.05) is 30.3 Å². The third kappa shape index (κ3) is 4.77. The van der Waals surface area contributed by atoms with Crippen LogP contribution in [0.15, 0.2) is 47.5 Å². The molecule has 2 aromatic heterocycles. The maximum Gasteiger partial charge on any atom is 0.271 e. The van der Waals surface area contributed by atoms with Gasteiger partial charge in [-0.15, -0.1) is 11.3 Å². The zero-order valence-corrected chi connectivity index (χ0v) is 17.9. The predicted octanol–water partition coefficient (Wildman–Crippen LogP) is 2.19. The molecular formula is C22H26N4O3S. The predicted molar refractivity (Wildman–Crippen MR) is 117 cm³/mol. The van der Waals surface area contributed by atoms with Gasteiger partial charge in [-0.3, -0.25) is 14.0 Å². The second-order valence-electron chi connectivity index (χ2n) is 7.57. The van der Waals surface area contributed by atoms with Crippen molar-refractivity contribution in [3.63, 3.8) is 0 Å². The fraction of sp³-hybridized carbons (Fsp3) is 0.409. The van der Waals surface area contributed by atoms with Crippen molar-refractivity contribution in [2.24, 2.45) is 0 Å². The molecule has 1 saturated heterocycles. The van der Waals surface area contributed by atoms with Gasteiger partial charge in [-0.05, 0) is 18.4 Å². The Morgan fingerprint density at radius 3 is 2.77 bits per heavy atom. The number of nitrogens with one attached hydrogen (secondary N) is 1. The zero-order chi connectivity index (χ0) is 20.9. The van der Waals surface area contributed by atoms with Crippen LogP contribution in [0, 0.1) is 0 Å². The topological polar surface area (TPSA) is 75.9 Å². The lowest BCUT2D eigenvalue weighted by molar-refractivity contribution is 0.0891. The quantitative estimate of drug-likeness (QED) is 0.627. The van der Waals surface area contributed by atoms with Crippen molar-refractivity contribution in [3.05, 3.63) is 69.1 Å². The van der Waals surface area contributed by atoms with Crippen molar-refractivity contribution >= 4 is 22.2 Å². The van der Waals surface area contributed by atoms with E-state index in [0.29, 0.717) is 11.6 Å². The summed E-state index contributed by atoms with van der Waals surface area (Å²) in [6, 6.07) is 10.2. The number of carbonyl (C=O) groups is 1. The zero-order valence-electron chi connectivity index (χ0n) is 17.0. The van der Waals surface area contributed by atoms with E-state index in [1.165, 1.54) is 27.5 Å². The summed E-state index contributed by atoms with van der Waals surface area (Å²) in [5.74, 6) is -0.340. The summed E-state index contributed by atoms with van der Waals surface area (Å²) in [4.78, 5) is 34.0. The SMILES string of the molecule is COCCN1CCC(NC(=O)c2cnc3sc(Cc4ccccc4)cn3c2=O)CC1. The van der Waals surface area contributed by atoms with Gasteiger partial charge in [0.1, 0.15) is 5.56 Å². The van der Waals surface area contributed by atoms with E-state index in [1.54, 1.807) is 13.3 Å². The Balaban J connectivity index is 1.43. The van der Waals surface area contributed by atoms with Crippen molar-refractivity contribution in [3.8, 4) is 0 Å². The molecule has 4 rings (SSSR count). The molecule has 1 N–H and O–H groups in total. The van der Waals surface area contributed by atoms with Crippen molar-refractivity contribution < 1.29 is 9.53 Å². The minimum absolute atomic E-state index is 0.0764. The van der Waals surface area contributed by atoms with Gasteiger partial charge in [0, 0.05) is 56.5 Å². The van der Waals surface area contributed by atoms with Crippen LogP contribution in [0.4, 0.5) is 0 Å². The minimum Gasteiger partial charge on any atom is -0.383 e. The average molecular weight is 427 g/mol. The Morgan fingerprint density at radius 1 is 1.27 bits per heavy atom. The fourth-order valence-electron chi connectivity index (χ4n) is 3.75. The number of fused-ring (bicyclic) bond motifs is 1.